The van der Waals surface area contributed by atoms with Gasteiger partial charge in [0.15, 0.2) is 5.78 Å². The Labute approximate surface area is 135 Å². The van der Waals surface area contributed by atoms with Crippen LogP contribution in [-0.4, -0.2) is 5.78 Å². The van der Waals surface area contributed by atoms with E-state index in [1.54, 1.807) is 6.08 Å². The van der Waals surface area contributed by atoms with Gasteiger partial charge in [0.2, 0.25) is 0 Å². The Morgan fingerprint density at radius 3 is 2.48 bits per heavy atom. The number of ketones is 1. The lowest BCUT2D eigenvalue weighted by Crippen LogP contribution is -1.99. The Morgan fingerprint density at radius 2 is 1.78 bits per heavy atom. The highest BCUT2D eigenvalue weighted by molar-refractivity contribution is 6.07. The molecule has 2 aromatic carbocycles. The van der Waals surface area contributed by atoms with Crippen molar-refractivity contribution in [3.05, 3.63) is 76.9 Å². The molecule has 2 aromatic rings. The molecule has 0 radical (unpaired) electrons. The van der Waals surface area contributed by atoms with E-state index < -0.39 is 17.4 Å². The standard InChI is InChI=1S/C20H20F2O/c1-2-3-4-5-15-6-8-16(9-7-15)10-13-20(23)18-14-17(21)11-12-19(18)22/h6-14H,2-5H2,1H3. The van der Waals surface area contributed by atoms with Crippen LogP contribution >= 0.6 is 0 Å². The minimum atomic E-state index is -0.715. The summed E-state index contributed by atoms with van der Waals surface area (Å²) in [6, 6.07) is 10.8. The van der Waals surface area contributed by atoms with E-state index in [1.807, 2.05) is 24.3 Å². The second-order valence-electron chi connectivity index (χ2n) is 5.52. The van der Waals surface area contributed by atoms with Crippen molar-refractivity contribution in [2.45, 2.75) is 32.6 Å². The van der Waals surface area contributed by atoms with E-state index >= 15 is 0 Å². The molecule has 0 aliphatic carbocycles. The number of allylic oxidation sites excluding steroid dienone is 1. The first-order valence-corrected chi connectivity index (χ1v) is 7.86. The van der Waals surface area contributed by atoms with Crippen molar-refractivity contribution in [3.8, 4) is 0 Å². The minimum Gasteiger partial charge on any atom is -0.289 e. The van der Waals surface area contributed by atoms with Gasteiger partial charge in [-0.25, -0.2) is 8.78 Å². The van der Waals surface area contributed by atoms with E-state index in [0.717, 1.165) is 30.2 Å². The van der Waals surface area contributed by atoms with Gasteiger partial charge < -0.3 is 0 Å². The Kier molecular flexibility index (Phi) is 6.21. The van der Waals surface area contributed by atoms with Crippen LogP contribution in [0.1, 0.15) is 47.7 Å². The van der Waals surface area contributed by atoms with Crippen LogP contribution in [0.5, 0.6) is 0 Å². The van der Waals surface area contributed by atoms with Crippen LogP contribution in [0.4, 0.5) is 8.78 Å². The number of unbranched alkanes of at least 4 members (excludes halogenated alkanes) is 2. The molecule has 120 valence electrons. The van der Waals surface area contributed by atoms with E-state index in [2.05, 4.69) is 6.92 Å². The summed E-state index contributed by atoms with van der Waals surface area (Å²) in [5, 5.41) is 0. The number of hydrogen-bond donors (Lipinski definition) is 0. The van der Waals surface area contributed by atoms with Gasteiger partial charge in [-0.1, -0.05) is 50.1 Å². The number of rotatable bonds is 7. The summed E-state index contributed by atoms with van der Waals surface area (Å²) in [5.74, 6) is -1.89. The molecule has 2 rings (SSSR count). The monoisotopic (exact) mass is 314 g/mol. The van der Waals surface area contributed by atoms with E-state index in [0.29, 0.717) is 0 Å². The minimum absolute atomic E-state index is 0.252. The molecule has 0 N–H and O–H groups in total. The number of carbonyl (C=O) groups excluding carboxylic acids is 1. The highest BCUT2D eigenvalue weighted by atomic mass is 19.1. The molecule has 23 heavy (non-hydrogen) atoms. The van der Waals surface area contributed by atoms with E-state index in [-0.39, 0.29) is 5.56 Å². The van der Waals surface area contributed by atoms with Gasteiger partial charge in [-0.05, 0) is 48.2 Å². The van der Waals surface area contributed by atoms with Crippen molar-refractivity contribution >= 4 is 11.9 Å². The van der Waals surface area contributed by atoms with Gasteiger partial charge in [0.1, 0.15) is 11.6 Å². The first-order chi connectivity index (χ1) is 11.1. The van der Waals surface area contributed by atoms with Crippen LogP contribution < -0.4 is 0 Å². The Balaban J connectivity index is 2.02. The molecule has 0 atom stereocenters. The quantitative estimate of drug-likeness (QED) is 0.370. The number of halogens is 2. The molecule has 0 amide bonds. The van der Waals surface area contributed by atoms with Gasteiger partial charge in [-0.15, -0.1) is 0 Å². The molecular formula is C20H20F2O. The zero-order valence-corrected chi connectivity index (χ0v) is 13.2. The van der Waals surface area contributed by atoms with E-state index in [1.165, 1.54) is 30.9 Å². The van der Waals surface area contributed by atoms with Crippen molar-refractivity contribution in [1.82, 2.24) is 0 Å². The fourth-order valence-corrected chi connectivity index (χ4v) is 2.32. The lowest BCUT2D eigenvalue weighted by atomic mass is 10.0. The summed E-state index contributed by atoms with van der Waals surface area (Å²) in [5.41, 5.74) is 1.87. The third-order valence-electron chi connectivity index (χ3n) is 3.67. The second-order valence-corrected chi connectivity index (χ2v) is 5.52. The molecule has 0 saturated carbocycles. The summed E-state index contributed by atoms with van der Waals surface area (Å²) in [6.45, 7) is 2.17. The Hall–Kier alpha value is -2.29. The van der Waals surface area contributed by atoms with Gasteiger partial charge in [0, 0.05) is 0 Å². The molecule has 0 spiro atoms. The normalized spacial score (nSPS) is 11.1. The maximum atomic E-state index is 13.5. The third kappa shape index (κ3) is 5.13. The molecule has 0 aliphatic rings. The molecule has 1 nitrogen and oxygen atoms in total. The van der Waals surface area contributed by atoms with Gasteiger partial charge in [0.05, 0.1) is 5.56 Å². The maximum Gasteiger partial charge on any atom is 0.188 e. The molecule has 0 aliphatic heterocycles. The van der Waals surface area contributed by atoms with E-state index in [9.17, 15) is 13.6 Å². The summed E-state index contributed by atoms with van der Waals surface area (Å²) < 4.78 is 26.6. The van der Waals surface area contributed by atoms with Gasteiger partial charge in [-0.2, -0.15) is 0 Å². The average molecular weight is 314 g/mol. The lowest BCUT2D eigenvalue weighted by molar-refractivity contribution is 0.104. The van der Waals surface area contributed by atoms with Gasteiger partial charge >= 0.3 is 0 Å². The van der Waals surface area contributed by atoms with Crippen molar-refractivity contribution in [1.29, 1.82) is 0 Å². The summed E-state index contributed by atoms with van der Waals surface area (Å²) >= 11 is 0. The Bertz CT molecular complexity index is 687. The maximum absolute atomic E-state index is 13.5. The number of aryl methyl sites for hydroxylation is 1. The Morgan fingerprint density at radius 1 is 1.04 bits per heavy atom. The van der Waals surface area contributed by atoms with Crippen molar-refractivity contribution in [2.75, 3.05) is 0 Å². The molecule has 0 fully saturated rings. The highest BCUT2D eigenvalue weighted by Gasteiger charge is 2.09. The molecular weight excluding hydrogens is 294 g/mol. The SMILES string of the molecule is CCCCCc1ccc(C=CC(=O)c2cc(F)ccc2F)cc1. The van der Waals surface area contributed by atoms with Crippen LogP contribution in [0, 0.1) is 11.6 Å². The largest absolute Gasteiger partial charge is 0.289 e. The summed E-state index contributed by atoms with van der Waals surface area (Å²) in [4.78, 5) is 11.9. The predicted molar refractivity (Wildman–Crippen MR) is 89.4 cm³/mol. The number of hydrogen-bond acceptors (Lipinski definition) is 1. The van der Waals surface area contributed by atoms with Crippen LogP contribution in [0.2, 0.25) is 0 Å². The number of carbonyl (C=O) groups is 1. The molecule has 0 bridgehead atoms. The van der Waals surface area contributed by atoms with Gasteiger partial charge in [0.25, 0.3) is 0 Å². The molecule has 3 heteroatoms. The fraction of sp³-hybridized carbons (Fsp3) is 0.250. The van der Waals surface area contributed by atoms with Crippen molar-refractivity contribution in [3.63, 3.8) is 0 Å². The average Bonchev–Trinajstić information content (AvgIpc) is 2.56. The molecule has 0 heterocycles. The van der Waals surface area contributed by atoms with E-state index in [4.69, 9.17) is 0 Å². The smallest absolute Gasteiger partial charge is 0.188 e. The molecule has 0 unspecified atom stereocenters. The van der Waals surface area contributed by atoms with Crippen LogP contribution in [0.15, 0.2) is 48.5 Å². The van der Waals surface area contributed by atoms with Crippen LogP contribution in [-0.2, 0) is 6.42 Å². The molecule has 0 saturated heterocycles. The summed E-state index contributed by atoms with van der Waals surface area (Å²) in [6.07, 6.45) is 7.51. The predicted octanol–water partition coefficient (Wildman–Crippen LogP) is 5.59. The zero-order valence-electron chi connectivity index (χ0n) is 13.2. The summed E-state index contributed by atoms with van der Waals surface area (Å²) in [7, 11) is 0. The van der Waals surface area contributed by atoms with Crippen molar-refractivity contribution < 1.29 is 13.6 Å². The first kappa shape index (κ1) is 17.1. The lowest BCUT2D eigenvalue weighted by Gasteiger charge is -2.02. The zero-order chi connectivity index (χ0) is 16.7. The third-order valence-corrected chi connectivity index (χ3v) is 3.67. The first-order valence-electron chi connectivity index (χ1n) is 7.86. The van der Waals surface area contributed by atoms with Crippen molar-refractivity contribution in [2.24, 2.45) is 0 Å². The molecule has 0 aromatic heterocycles. The second kappa shape index (κ2) is 8.37. The topological polar surface area (TPSA) is 17.1 Å². The highest BCUT2D eigenvalue weighted by Crippen LogP contribution is 2.13. The van der Waals surface area contributed by atoms with Crippen LogP contribution in [0.25, 0.3) is 6.08 Å². The number of benzene rings is 2. The van der Waals surface area contributed by atoms with Crippen LogP contribution in [0.3, 0.4) is 0 Å². The fourth-order valence-electron chi connectivity index (χ4n) is 2.32. The van der Waals surface area contributed by atoms with Gasteiger partial charge in [-0.3, -0.25) is 4.79 Å².